The monoisotopic (exact) mass is 809 g/mol. The molecule has 308 valence electrons. The first-order valence-electron chi connectivity index (χ1n) is 20.1. The minimum absolute atomic E-state index is 0.271. The third-order valence-corrected chi connectivity index (χ3v) is 10.1. The normalized spacial score (nSPS) is 11.4. The molecule has 0 N–H and O–H groups in total. The highest BCUT2D eigenvalue weighted by atomic mass is 16.5. The van der Waals surface area contributed by atoms with Crippen molar-refractivity contribution in [3.63, 3.8) is 0 Å². The summed E-state index contributed by atoms with van der Waals surface area (Å²) in [7, 11) is 3.32. The lowest BCUT2D eigenvalue weighted by molar-refractivity contribution is -0.132. The molecule has 0 spiro atoms. The molecule has 0 aromatic heterocycles. The molecule has 7 heteroatoms. The number of carbonyl (C=O) groups is 2. The number of esters is 2. The molecule has 0 aliphatic carbocycles. The van der Waals surface area contributed by atoms with Crippen LogP contribution in [0.2, 0.25) is 0 Å². The van der Waals surface area contributed by atoms with Gasteiger partial charge in [0.1, 0.15) is 23.0 Å². The molecule has 0 radical (unpaired) electrons. The van der Waals surface area contributed by atoms with Gasteiger partial charge in [-0.15, -0.1) is 0 Å². The van der Waals surface area contributed by atoms with Crippen LogP contribution in [-0.4, -0.2) is 26.2 Å². The topological polar surface area (TPSA) is 74.3 Å². The van der Waals surface area contributed by atoms with Crippen LogP contribution in [0.5, 0.6) is 23.0 Å². The number of carbonyl (C=O) groups excluding carboxylic acids is 2. The predicted molar refractivity (Wildman–Crippen MR) is 247 cm³/mol. The number of ether oxygens (including phenoxy) is 4. The smallest absolute Gasteiger partial charge is 0.308 e. The third kappa shape index (κ3) is 11.9. The van der Waals surface area contributed by atoms with Gasteiger partial charge in [-0.2, -0.15) is 0 Å². The van der Waals surface area contributed by atoms with Gasteiger partial charge >= 0.3 is 11.9 Å². The van der Waals surface area contributed by atoms with Crippen LogP contribution >= 0.6 is 0 Å². The van der Waals surface area contributed by atoms with E-state index in [9.17, 15) is 9.59 Å². The zero-order valence-corrected chi connectivity index (χ0v) is 35.7. The van der Waals surface area contributed by atoms with Crippen molar-refractivity contribution in [2.24, 2.45) is 0 Å². The Hall–Kier alpha value is -7.38. The van der Waals surface area contributed by atoms with Crippen molar-refractivity contribution in [1.29, 1.82) is 0 Å². The highest BCUT2D eigenvalue weighted by Gasteiger charge is 2.14. The molecule has 7 rings (SSSR count). The Kier molecular flexibility index (Phi) is 14.5. The Morgan fingerprint density at radius 1 is 0.459 bits per heavy atom. The first-order valence-corrected chi connectivity index (χ1v) is 20.1. The molecule has 1 unspecified atom stereocenters. The van der Waals surface area contributed by atoms with Gasteiger partial charge in [0.25, 0.3) is 0 Å². The van der Waals surface area contributed by atoms with Gasteiger partial charge in [-0.1, -0.05) is 103 Å². The van der Waals surface area contributed by atoms with E-state index in [1.54, 1.807) is 14.2 Å². The number of nitrogens with zero attached hydrogens (tertiary/aromatic N) is 1. The molecule has 7 nitrogen and oxygen atoms in total. The zero-order chi connectivity index (χ0) is 43.3. The SMILES string of the molecule is COc1ccc(C(=Cc2ccc(N(c3ccc(C)cc3)c3ccc(C)cc3)cc2)c2ccc(OC(C)=O)cc2)cc1.COc1ccc(C(C)c2ccc(OC(C)=O)cc2)cc1. The number of benzene rings is 7. The van der Waals surface area contributed by atoms with E-state index in [0.717, 1.165) is 50.8 Å². The van der Waals surface area contributed by atoms with E-state index in [0.29, 0.717) is 11.5 Å². The van der Waals surface area contributed by atoms with Gasteiger partial charge in [0.2, 0.25) is 0 Å². The minimum atomic E-state index is -0.339. The second-order valence-corrected chi connectivity index (χ2v) is 14.7. The minimum Gasteiger partial charge on any atom is -0.497 e. The van der Waals surface area contributed by atoms with Gasteiger partial charge in [-0.05, 0) is 138 Å². The molecule has 0 saturated carbocycles. The van der Waals surface area contributed by atoms with Crippen LogP contribution in [0, 0.1) is 13.8 Å². The lowest BCUT2D eigenvalue weighted by Gasteiger charge is -2.26. The number of methoxy groups -OCH3 is 2. The maximum Gasteiger partial charge on any atom is 0.308 e. The van der Waals surface area contributed by atoms with E-state index in [4.69, 9.17) is 18.9 Å². The zero-order valence-electron chi connectivity index (χ0n) is 35.7. The number of aryl methyl sites for hydroxylation is 2. The lowest BCUT2D eigenvalue weighted by atomic mass is 9.93. The number of hydrogen-bond donors (Lipinski definition) is 0. The summed E-state index contributed by atoms with van der Waals surface area (Å²) in [4.78, 5) is 24.5. The van der Waals surface area contributed by atoms with E-state index in [2.05, 4.69) is 129 Å². The first-order chi connectivity index (χ1) is 29.5. The summed E-state index contributed by atoms with van der Waals surface area (Å²) in [5.41, 5.74) is 12.3. The van der Waals surface area contributed by atoms with Gasteiger partial charge in [-0.3, -0.25) is 9.59 Å². The summed E-state index contributed by atoms with van der Waals surface area (Å²) >= 11 is 0. The van der Waals surface area contributed by atoms with E-state index in [1.807, 2.05) is 72.8 Å². The Morgan fingerprint density at radius 2 is 0.787 bits per heavy atom. The summed E-state index contributed by atoms with van der Waals surface area (Å²) in [6, 6.07) is 57.0. The van der Waals surface area contributed by atoms with Crippen molar-refractivity contribution >= 4 is 40.6 Å². The van der Waals surface area contributed by atoms with Crippen LogP contribution in [-0.2, 0) is 9.59 Å². The molecule has 0 amide bonds. The van der Waals surface area contributed by atoms with Crippen molar-refractivity contribution < 1.29 is 28.5 Å². The Morgan fingerprint density at radius 3 is 1.15 bits per heavy atom. The fourth-order valence-corrected chi connectivity index (χ4v) is 6.77. The Labute approximate surface area is 359 Å². The van der Waals surface area contributed by atoms with Gasteiger partial charge < -0.3 is 23.8 Å². The molecular weight excluding hydrogens is 759 g/mol. The summed E-state index contributed by atoms with van der Waals surface area (Å²) in [5, 5.41) is 0. The van der Waals surface area contributed by atoms with E-state index in [-0.39, 0.29) is 17.9 Å². The van der Waals surface area contributed by atoms with Gasteiger partial charge in [0, 0.05) is 36.8 Å². The van der Waals surface area contributed by atoms with E-state index in [1.165, 1.54) is 36.1 Å². The number of anilines is 3. The fourth-order valence-electron chi connectivity index (χ4n) is 6.77. The summed E-state index contributed by atoms with van der Waals surface area (Å²) in [5.74, 6) is 2.37. The van der Waals surface area contributed by atoms with Gasteiger partial charge in [0.15, 0.2) is 0 Å². The maximum absolute atomic E-state index is 11.4. The van der Waals surface area contributed by atoms with Crippen LogP contribution in [0.15, 0.2) is 170 Å². The third-order valence-electron chi connectivity index (χ3n) is 10.1. The van der Waals surface area contributed by atoms with Gasteiger partial charge in [0.05, 0.1) is 14.2 Å². The lowest BCUT2D eigenvalue weighted by Crippen LogP contribution is -2.09. The second-order valence-electron chi connectivity index (χ2n) is 14.7. The molecule has 0 heterocycles. The highest BCUT2D eigenvalue weighted by Crippen LogP contribution is 2.36. The highest BCUT2D eigenvalue weighted by molar-refractivity contribution is 5.92. The standard InChI is InChI=1S/C37H33NO3.C17H18O3/c1-26-5-15-32(16-6-26)38(33-17-7-27(2)8-18-33)34-19-9-29(10-20-34)25-37(30-11-21-35(40-4)22-12-30)31-13-23-36(24-14-31)41-28(3)39;1-12(14-4-8-16(19-3)9-5-14)15-6-10-17(11-7-15)20-13(2)18/h5-25H,1-4H3;4-12H,1-3H3. The van der Waals surface area contributed by atoms with Crippen LogP contribution < -0.4 is 23.8 Å². The molecule has 0 fully saturated rings. The summed E-state index contributed by atoms with van der Waals surface area (Å²) < 4.78 is 20.8. The maximum atomic E-state index is 11.4. The molecule has 61 heavy (non-hydrogen) atoms. The first kappa shape index (κ1) is 43.2. The second kappa shape index (κ2) is 20.5. The van der Waals surface area contributed by atoms with Crippen LogP contribution in [0.4, 0.5) is 17.1 Å². The van der Waals surface area contributed by atoms with Crippen molar-refractivity contribution in [3.8, 4) is 23.0 Å². The molecule has 0 saturated heterocycles. The van der Waals surface area contributed by atoms with E-state index < -0.39 is 0 Å². The average molecular weight is 810 g/mol. The molecule has 0 aliphatic rings. The largest absolute Gasteiger partial charge is 0.497 e. The van der Waals surface area contributed by atoms with Crippen molar-refractivity contribution in [2.75, 3.05) is 19.1 Å². The Balaban J connectivity index is 0.000000260. The number of rotatable bonds is 12. The van der Waals surface area contributed by atoms with Crippen molar-refractivity contribution in [3.05, 3.63) is 209 Å². The molecule has 0 aliphatic heterocycles. The molecule has 7 aromatic carbocycles. The van der Waals surface area contributed by atoms with Crippen molar-refractivity contribution in [1.82, 2.24) is 0 Å². The molecule has 7 aromatic rings. The predicted octanol–water partition coefficient (Wildman–Crippen LogP) is 13.1. The molecule has 1 atom stereocenters. The summed E-state index contributed by atoms with van der Waals surface area (Å²) in [6.07, 6.45) is 2.18. The molecule has 0 bridgehead atoms. The Bertz CT molecular complexity index is 2480. The summed E-state index contributed by atoms with van der Waals surface area (Å²) in [6.45, 7) is 9.15. The van der Waals surface area contributed by atoms with Crippen LogP contribution in [0.1, 0.15) is 65.6 Å². The van der Waals surface area contributed by atoms with Crippen LogP contribution in [0.3, 0.4) is 0 Å². The number of hydrogen-bond acceptors (Lipinski definition) is 7. The molecular formula is C54H51NO6. The average Bonchev–Trinajstić information content (AvgIpc) is 3.28. The van der Waals surface area contributed by atoms with Gasteiger partial charge in [-0.25, -0.2) is 0 Å². The quantitative estimate of drug-likeness (QED) is 0.0691. The van der Waals surface area contributed by atoms with Crippen LogP contribution in [0.25, 0.3) is 11.6 Å². The van der Waals surface area contributed by atoms with E-state index >= 15 is 0 Å². The fraction of sp³-hybridized carbons (Fsp3) is 0.148. The van der Waals surface area contributed by atoms with Crippen molar-refractivity contribution in [2.45, 2.75) is 40.5 Å².